The molecule has 0 spiro atoms. The molecule has 1 aliphatic heterocycles. The predicted molar refractivity (Wildman–Crippen MR) is 100 cm³/mol. The van der Waals surface area contributed by atoms with Crippen molar-refractivity contribution >= 4 is 10.0 Å². The van der Waals surface area contributed by atoms with E-state index in [1.807, 2.05) is 30.3 Å². The standard InChI is InChI=1S/C20H16F3N3O2S/c21-20(22,23)16-7-4-8-17(11-16)29(27,28)26-10-9-18-15(13-26)12-24-19(25-18)14-5-2-1-3-6-14/h1-8,11-12H,9-10,13H2. The minimum Gasteiger partial charge on any atom is -0.236 e. The summed E-state index contributed by atoms with van der Waals surface area (Å²) in [5, 5.41) is 0. The summed E-state index contributed by atoms with van der Waals surface area (Å²) in [5.74, 6) is 0.554. The van der Waals surface area contributed by atoms with Gasteiger partial charge in [0.15, 0.2) is 5.82 Å². The lowest BCUT2D eigenvalue weighted by Crippen LogP contribution is -2.36. The van der Waals surface area contributed by atoms with Gasteiger partial charge in [-0.3, -0.25) is 0 Å². The molecule has 2 aromatic carbocycles. The van der Waals surface area contributed by atoms with E-state index in [0.29, 0.717) is 23.9 Å². The fourth-order valence-corrected chi connectivity index (χ4v) is 4.67. The van der Waals surface area contributed by atoms with Crippen LogP contribution >= 0.6 is 0 Å². The lowest BCUT2D eigenvalue weighted by atomic mass is 10.1. The molecule has 4 rings (SSSR count). The maximum absolute atomic E-state index is 12.9. The third-order valence-corrected chi connectivity index (χ3v) is 6.57. The van der Waals surface area contributed by atoms with Crippen LogP contribution in [-0.2, 0) is 29.2 Å². The number of benzene rings is 2. The van der Waals surface area contributed by atoms with E-state index in [1.54, 1.807) is 6.20 Å². The van der Waals surface area contributed by atoms with Crippen LogP contribution in [0.2, 0.25) is 0 Å². The summed E-state index contributed by atoms with van der Waals surface area (Å²) in [5.41, 5.74) is 1.25. The normalized spacial score (nSPS) is 15.1. The topological polar surface area (TPSA) is 63.2 Å². The van der Waals surface area contributed by atoms with Crippen LogP contribution in [0.1, 0.15) is 16.8 Å². The Balaban J connectivity index is 1.61. The van der Waals surface area contributed by atoms with Crippen molar-refractivity contribution in [2.45, 2.75) is 24.0 Å². The highest BCUT2D eigenvalue weighted by Crippen LogP contribution is 2.32. The smallest absolute Gasteiger partial charge is 0.236 e. The van der Waals surface area contributed by atoms with Crippen molar-refractivity contribution in [2.75, 3.05) is 6.54 Å². The van der Waals surface area contributed by atoms with Crippen LogP contribution in [0.5, 0.6) is 0 Å². The van der Waals surface area contributed by atoms with E-state index in [2.05, 4.69) is 9.97 Å². The predicted octanol–water partition coefficient (Wildman–Crippen LogP) is 3.91. The SMILES string of the molecule is O=S(=O)(c1cccc(C(F)(F)F)c1)N1CCc2nc(-c3ccccc3)ncc2C1. The Kier molecular flexibility index (Phi) is 4.87. The molecule has 0 bridgehead atoms. The molecule has 9 heteroatoms. The number of sulfonamides is 1. The van der Waals surface area contributed by atoms with Crippen LogP contribution in [0.15, 0.2) is 65.7 Å². The average Bonchev–Trinajstić information content (AvgIpc) is 2.73. The van der Waals surface area contributed by atoms with Crippen molar-refractivity contribution in [1.82, 2.24) is 14.3 Å². The van der Waals surface area contributed by atoms with E-state index in [-0.39, 0.29) is 18.0 Å². The Morgan fingerprint density at radius 1 is 1.00 bits per heavy atom. The first-order valence-corrected chi connectivity index (χ1v) is 10.3. The van der Waals surface area contributed by atoms with Gasteiger partial charge in [-0.15, -0.1) is 0 Å². The molecule has 0 amide bonds. The van der Waals surface area contributed by atoms with Crippen LogP contribution in [0.25, 0.3) is 11.4 Å². The monoisotopic (exact) mass is 419 g/mol. The number of hydrogen-bond donors (Lipinski definition) is 0. The first-order chi connectivity index (χ1) is 13.7. The summed E-state index contributed by atoms with van der Waals surface area (Å²) < 4.78 is 65.8. The molecular weight excluding hydrogens is 403 g/mol. The maximum Gasteiger partial charge on any atom is 0.416 e. The molecular formula is C20H16F3N3O2S. The van der Waals surface area contributed by atoms with E-state index >= 15 is 0 Å². The molecule has 3 aromatic rings. The molecule has 29 heavy (non-hydrogen) atoms. The van der Waals surface area contributed by atoms with Gasteiger partial charge in [-0.25, -0.2) is 18.4 Å². The van der Waals surface area contributed by atoms with Crippen molar-refractivity contribution in [3.05, 3.63) is 77.6 Å². The third-order valence-electron chi connectivity index (χ3n) is 4.73. The fraction of sp³-hybridized carbons (Fsp3) is 0.200. The van der Waals surface area contributed by atoms with Gasteiger partial charge >= 0.3 is 6.18 Å². The summed E-state index contributed by atoms with van der Waals surface area (Å²) in [7, 11) is -4.07. The lowest BCUT2D eigenvalue weighted by Gasteiger charge is -2.27. The van der Waals surface area contributed by atoms with Crippen molar-refractivity contribution < 1.29 is 21.6 Å². The molecule has 2 heterocycles. The summed E-state index contributed by atoms with van der Waals surface area (Å²) in [6.45, 7) is 0.153. The molecule has 150 valence electrons. The molecule has 1 aliphatic rings. The number of nitrogens with zero attached hydrogens (tertiary/aromatic N) is 3. The van der Waals surface area contributed by atoms with E-state index in [9.17, 15) is 21.6 Å². The lowest BCUT2D eigenvalue weighted by molar-refractivity contribution is -0.137. The second-order valence-corrected chi connectivity index (χ2v) is 8.58. The number of alkyl halides is 3. The zero-order chi connectivity index (χ0) is 20.6. The van der Waals surface area contributed by atoms with Crippen LogP contribution in [0, 0.1) is 0 Å². The van der Waals surface area contributed by atoms with Crippen LogP contribution in [-0.4, -0.2) is 29.2 Å². The first kappa shape index (κ1) is 19.5. The van der Waals surface area contributed by atoms with Gasteiger partial charge in [0, 0.05) is 36.8 Å². The number of aromatic nitrogens is 2. The molecule has 0 aliphatic carbocycles. The molecule has 0 fully saturated rings. The molecule has 0 N–H and O–H groups in total. The second kappa shape index (κ2) is 7.23. The van der Waals surface area contributed by atoms with Crippen LogP contribution in [0.3, 0.4) is 0 Å². The van der Waals surface area contributed by atoms with Gasteiger partial charge in [0.05, 0.1) is 16.2 Å². The van der Waals surface area contributed by atoms with Crippen molar-refractivity contribution in [2.24, 2.45) is 0 Å². The molecule has 1 aromatic heterocycles. The summed E-state index contributed by atoms with van der Waals surface area (Å²) in [6, 6.07) is 13.2. The average molecular weight is 419 g/mol. The molecule has 0 saturated heterocycles. The van der Waals surface area contributed by atoms with Gasteiger partial charge < -0.3 is 0 Å². The summed E-state index contributed by atoms with van der Waals surface area (Å²) >= 11 is 0. The fourth-order valence-electron chi connectivity index (χ4n) is 3.20. The largest absolute Gasteiger partial charge is 0.416 e. The molecule has 0 saturated carbocycles. The van der Waals surface area contributed by atoms with Gasteiger partial charge in [-0.2, -0.15) is 17.5 Å². The Labute approximate surface area is 165 Å². The minimum absolute atomic E-state index is 0.0168. The second-order valence-electron chi connectivity index (χ2n) is 6.65. The van der Waals surface area contributed by atoms with E-state index in [1.165, 1.54) is 6.07 Å². The Hall–Kier alpha value is -2.78. The molecule has 0 radical (unpaired) electrons. The molecule has 0 unspecified atom stereocenters. The minimum atomic E-state index is -4.61. The van der Waals surface area contributed by atoms with Gasteiger partial charge in [0.2, 0.25) is 10.0 Å². The Morgan fingerprint density at radius 3 is 2.48 bits per heavy atom. The van der Waals surface area contributed by atoms with Gasteiger partial charge in [0.1, 0.15) is 0 Å². The Morgan fingerprint density at radius 2 is 1.76 bits per heavy atom. The summed E-state index contributed by atoms with van der Waals surface area (Å²) in [4.78, 5) is 8.48. The highest BCUT2D eigenvalue weighted by atomic mass is 32.2. The van der Waals surface area contributed by atoms with Gasteiger partial charge in [0.25, 0.3) is 0 Å². The van der Waals surface area contributed by atoms with Crippen LogP contribution in [0.4, 0.5) is 13.2 Å². The van der Waals surface area contributed by atoms with Crippen molar-refractivity contribution in [3.63, 3.8) is 0 Å². The first-order valence-electron chi connectivity index (χ1n) is 8.83. The van der Waals surface area contributed by atoms with Crippen molar-refractivity contribution in [1.29, 1.82) is 0 Å². The highest BCUT2D eigenvalue weighted by Gasteiger charge is 2.34. The van der Waals surface area contributed by atoms with Crippen molar-refractivity contribution in [3.8, 4) is 11.4 Å². The van der Waals surface area contributed by atoms with E-state index in [0.717, 1.165) is 27.7 Å². The number of hydrogen-bond acceptors (Lipinski definition) is 4. The highest BCUT2D eigenvalue weighted by molar-refractivity contribution is 7.89. The Bertz CT molecular complexity index is 1150. The molecule has 5 nitrogen and oxygen atoms in total. The summed E-state index contributed by atoms with van der Waals surface area (Å²) in [6.07, 6.45) is -2.67. The number of rotatable bonds is 3. The number of fused-ring (bicyclic) bond motifs is 1. The van der Waals surface area contributed by atoms with Gasteiger partial charge in [-0.1, -0.05) is 36.4 Å². The molecule has 0 atom stereocenters. The van der Waals surface area contributed by atoms with Crippen LogP contribution < -0.4 is 0 Å². The number of halogens is 3. The zero-order valence-corrected chi connectivity index (χ0v) is 15.9. The quantitative estimate of drug-likeness (QED) is 0.646. The zero-order valence-electron chi connectivity index (χ0n) is 15.1. The van der Waals surface area contributed by atoms with Gasteiger partial charge in [-0.05, 0) is 18.2 Å². The maximum atomic E-state index is 12.9. The van der Waals surface area contributed by atoms with E-state index in [4.69, 9.17) is 0 Å². The third kappa shape index (κ3) is 3.88. The van der Waals surface area contributed by atoms with E-state index < -0.39 is 21.8 Å².